The minimum atomic E-state index is -3.01. The molecule has 0 aromatic carbocycles. The van der Waals surface area contributed by atoms with E-state index in [4.69, 9.17) is 0 Å². The van der Waals surface area contributed by atoms with Crippen LogP contribution in [0.3, 0.4) is 0 Å². The van der Waals surface area contributed by atoms with Gasteiger partial charge in [-0.2, -0.15) is 0 Å². The fourth-order valence-electron chi connectivity index (χ4n) is 5.11. The number of hydrogen-bond acceptors (Lipinski definition) is 10. The van der Waals surface area contributed by atoms with Crippen molar-refractivity contribution in [1.82, 2.24) is 20.8 Å². The molecule has 3 unspecified atom stereocenters. The van der Waals surface area contributed by atoms with E-state index in [9.17, 15) is 64.4 Å². The monoisotopic (exact) mass is 756 g/mol. The predicted octanol–water partition coefficient (Wildman–Crippen LogP) is 3.55. The second-order valence-electron chi connectivity index (χ2n) is 13.0. The maximum atomic E-state index is 12.6. The molecule has 0 saturated heterocycles. The summed E-state index contributed by atoms with van der Waals surface area (Å²) < 4.78 is 0. The summed E-state index contributed by atoms with van der Waals surface area (Å²) in [6.07, 6.45) is 13.3. The molecule has 0 bridgehead atoms. The van der Waals surface area contributed by atoms with Crippen molar-refractivity contribution < 1.29 is 64.4 Å². The van der Waals surface area contributed by atoms with Gasteiger partial charge in [-0.3, -0.25) is 29.6 Å². The van der Waals surface area contributed by atoms with Crippen LogP contribution in [0.2, 0.25) is 0 Å². The molecule has 17 heteroatoms. The smallest absolute Gasteiger partial charge is 0.336 e. The van der Waals surface area contributed by atoms with E-state index in [0.717, 1.165) is 51.4 Å². The standard InChI is InChI=1S/C36H60N4O13/c1-3-5-7-9-10-12-14-22-32(44)40(53)24-18-16-20-28(34(47)48)38-30(42)26-36(51,35(49)50)25-29(41)37-27(33(45)46)19-15-17-23-39(52)31(43)21-13-11-8-6-4-2/h13-14,21-22,27-28,51-53H,3-12,15-20,23-26H2,1-2H3,(H,37,41)(H,38,42)(H,45,46)(H,47,48)(H,49,50). The van der Waals surface area contributed by atoms with Crippen LogP contribution in [-0.2, 0) is 33.6 Å². The van der Waals surface area contributed by atoms with Crippen molar-refractivity contribution >= 4 is 41.5 Å². The van der Waals surface area contributed by atoms with Gasteiger partial charge in [-0.1, -0.05) is 64.5 Å². The SMILES string of the molecule is CCCCCC=CC(=O)N(O)CCCCC(NC(=O)CC(O)(CC(=O)NC(CCCCN(O)C(=O)C=CCCCCCCC)C(=O)O)C(=O)O)C(=O)O. The van der Waals surface area contributed by atoms with Crippen LogP contribution in [0.5, 0.6) is 0 Å². The van der Waals surface area contributed by atoms with Gasteiger partial charge in [-0.25, -0.2) is 24.5 Å². The lowest BCUT2D eigenvalue weighted by Crippen LogP contribution is -2.51. The molecule has 0 rings (SSSR count). The third-order valence-electron chi connectivity index (χ3n) is 8.27. The Labute approximate surface area is 311 Å². The van der Waals surface area contributed by atoms with E-state index in [1.807, 2.05) is 6.92 Å². The summed E-state index contributed by atoms with van der Waals surface area (Å²) in [6, 6.07) is -3.04. The number of carboxylic acids is 3. The third kappa shape index (κ3) is 23.0. The van der Waals surface area contributed by atoms with E-state index in [1.165, 1.54) is 12.2 Å². The highest BCUT2D eigenvalue weighted by atomic mass is 16.5. The summed E-state index contributed by atoms with van der Waals surface area (Å²) in [6.45, 7) is 3.94. The van der Waals surface area contributed by atoms with Crippen molar-refractivity contribution in [3.63, 3.8) is 0 Å². The molecule has 4 amide bonds. The molecule has 0 aromatic rings. The molecule has 17 nitrogen and oxygen atoms in total. The average molecular weight is 757 g/mol. The average Bonchev–Trinajstić information content (AvgIpc) is 3.09. The maximum absolute atomic E-state index is 12.6. The molecule has 0 aliphatic rings. The van der Waals surface area contributed by atoms with Gasteiger partial charge in [-0.05, 0) is 64.2 Å². The van der Waals surface area contributed by atoms with E-state index in [-0.39, 0.29) is 51.6 Å². The molecule has 0 aliphatic heterocycles. The lowest BCUT2D eigenvalue weighted by Gasteiger charge is -2.24. The molecule has 8 N–H and O–H groups in total. The molecular formula is C36H60N4O13. The second-order valence-corrected chi connectivity index (χ2v) is 13.0. The molecule has 0 spiro atoms. The molecule has 3 atom stereocenters. The van der Waals surface area contributed by atoms with Gasteiger partial charge < -0.3 is 31.1 Å². The van der Waals surface area contributed by atoms with Crippen LogP contribution in [0.25, 0.3) is 0 Å². The Morgan fingerprint density at radius 2 is 0.962 bits per heavy atom. The Balaban J connectivity index is 4.89. The fraction of sp³-hybridized carbons (Fsp3) is 0.694. The highest BCUT2D eigenvalue weighted by molar-refractivity contribution is 5.94. The third-order valence-corrected chi connectivity index (χ3v) is 8.27. The summed E-state index contributed by atoms with van der Waals surface area (Å²) in [5.41, 5.74) is -3.01. The van der Waals surface area contributed by atoms with E-state index in [1.54, 1.807) is 12.2 Å². The molecule has 53 heavy (non-hydrogen) atoms. The van der Waals surface area contributed by atoms with Crippen LogP contribution < -0.4 is 10.6 Å². The predicted molar refractivity (Wildman–Crippen MR) is 191 cm³/mol. The zero-order chi connectivity index (χ0) is 40.2. The first-order chi connectivity index (χ1) is 25.1. The Kier molecular flexibility index (Phi) is 25.9. The van der Waals surface area contributed by atoms with Crippen molar-refractivity contribution in [1.29, 1.82) is 0 Å². The van der Waals surface area contributed by atoms with Gasteiger partial charge in [0.1, 0.15) is 12.1 Å². The normalized spacial score (nSPS) is 13.6. The zero-order valence-corrected chi connectivity index (χ0v) is 31.0. The number of rotatable bonds is 31. The zero-order valence-electron chi connectivity index (χ0n) is 31.0. The topological polar surface area (TPSA) is 271 Å². The number of carbonyl (C=O) groups excluding carboxylic acids is 4. The Morgan fingerprint density at radius 1 is 0.585 bits per heavy atom. The molecule has 0 heterocycles. The van der Waals surface area contributed by atoms with Crippen molar-refractivity contribution in [3.8, 4) is 0 Å². The highest BCUT2D eigenvalue weighted by Gasteiger charge is 2.42. The summed E-state index contributed by atoms with van der Waals surface area (Å²) >= 11 is 0. The quantitative estimate of drug-likeness (QED) is 0.0218. The summed E-state index contributed by atoms with van der Waals surface area (Å²) in [4.78, 5) is 84.6. The Bertz CT molecular complexity index is 1230. The van der Waals surface area contributed by atoms with Gasteiger partial charge in [-0.15, -0.1) is 0 Å². The van der Waals surface area contributed by atoms with Crippen molar-refractivity contribution in [2.24, 2.45) is 0 Å². The number of nitrogens with one attached hydrogen (secondary N) is 2. The summed E-state index contributed by atoms with van der Waals surface area (Å²) in [5, 5.41) is 64.4. The van der Waals surface area contributed by atoms with Gasteiger partial charge in [0.2, 0.25) is 11.8 Å². The lowest BCUT2D eigenvalue weighted by atomic mass is 9.94. The highest BCUT2D eigenvalue weighted by Crippen LogP contribution is 2.18. The van der Waals surface area contributed by atoms with Crippen LogP contribution in [0.4, 0.5) is 0 Å². The first-order valence-electron chi connectivity index (χ1n) is 18.4. The Hall–Kier alpha value is -4.35. The van der Waals surface area contributed by atoms with Crippen LogP contribution in [0.15, 0.2) is 24.3 Å². The second kappa shape index (κ2) is 28.2. The van der Waals surface area contributed by atoms with Crippen LogP contribution in [0, 0.1) is 0 Å². The largest absolute Gasteiger partial charge is 0.480 e. The van der Waals surface area contributed by atoms with Gasteiger partial charge in [0.25, 0.3) is 11.8 Å². The van der Waals surface area contributed by atoms with Gasteiger partial charge in [0.15, 0.2) is 5.60 Å². The van der Waals surface area contributed by atoms with E-state index in [2.05, 4.69) is 17.6 Å². The summed E-state index contributed by atoms with van der Waals surface area (Å²) in [5.74, 6) is -8.59. The molecule has 0 aliphatic carbocycles. The Morgan fingerprint density at radius 3 is 1.34 bits per heavy atom. The van der Waals surface area contributed by atoms with Gasteiger partial charge >= 0.3 is 17.9 Å². The lowest BCUT2D eigenvalue weighted by molar-refractivity contribution is -0.165. The van der Waals surface area contributed by atoms with Crippen molar-refractivity contribution in [2.45, 2.75) is 147 Å². The van der Waals surface area contributed by atoms with E-state index in [0.29, 0.717) is 23.0 Å². The number of allylic oxidation sites excluding steroid dienone is 2. The minimum absolute atomic E-state index is 0.110. The van der Waals surface area contributed by atoms with Crippen molar-refractivity contribution in [3.05, 3.63) is 24.3 Å². The number of nitrogens with zero attached hydrogens (tertiary/aromatic N) is 2. The number of amides is 4. The molecule has 0 saturated carbocycles. The number of hydrogen-bond donors (Lipinski definition) is 8. The number of unbranched alkanes of at least 4 members (excludes halogenated alkanes) is 10. The molecule has 0 aromatic heterocycles. The first kappa shape index (κ1) is 48.6. The van der Waals surface area contributed by atoms with Gasteiger partial charge in [0, 0.05) is 25.2 Å². The van der Waals surface area contributed by atoms with Crippen molar-refractivity contribution in [2.75, 3.05) is 13.1 Å². The summed E-state index contributed by atoms with van der Waals surface area (Å²) in [7, 11) is 0. The minimum Gasteiger partial charge on any atom is -0.480 e. The number of carbonyl (C=O) groups is 7. The van der Waals surface area contributed by atoms with Crippen LogP contribution in [-0.4, -0.2) is 113 Å². The molecule has 0 fully saturated rings. The van der Waals surface area contributed by atoms with E-state index >= 15 is 0 Å². The number of aliphatic carboxylic acids is 3. The van der Waals surface area contributed by atoms with Crippen LogP contribution in [0.1, 0.15) is 129 Å². The molecular weight excluding hydrogens is 696 g/mol. The maximum Gasteiger partial charge on any atom is 0.336 e. The van der Waals surface area contributed by atoms with Crippen LogP contribution >= 0.6 is 0 Å². The number of hydroxylamine groups is 4. The van der Waals surface area contributed by atoms with E-state index < -0.39 is 72.1 Å². The van der Waals surface area contributed by atoms with Gasteiger partial charge in [0.05, 0.1) is 12.8 Å². The first-order valence-corrected chi connectivity index (χ1v) is 18.4. The fourth-order valence-corrected chi connectivity index (χ4v) is 5.11. The number of carboxylic acid groups (broad SMARTS) is 3. The molecule has 302 valence electrons. The molecule has 0 radical (unpaired) electrons. The number of aliphatic hydroxyl groups is 1.